The molecule has 0 spiro atoms. The standard InChI is InChI=1S/C14H21FN2/c1-11-4-5-14(15)7-13(11)10-17-6-2-3-12(8-16)9-17/h4-5,7,12H,2-3,6,8-10,16H2,1H3. The molecular formula is C14H21FN2. The molecule has 0 aromatic heterocycles. The van der Waals surface area contributed by atoms with Crippen molar-refractivity contribution in [3.8, 4) is 0 Å². The van der Waals surface area contributed by atoms with Crippen LogP contribution in [0.2, 0.25) is 0 Å². The summed E-state index contributed by atoms with van der Waals surface area (Å²) in [5.74, 6) is 0.468. The lowest BCUT2D eigenvalue weighted by Gasteiger charge is -2.32. The van der Waals surface area contributed by atoms with E-state index in [0.717, 1.165) is 31.7 Å². The summed E-state index contributed by atoms with van der Waals surface area (Å²) in [6, 6.07) is 5.04. The highest BCUT2D eigenvalue weighted by atomic mass is 19.1. The van der Waals surface area contributed by atoms with E-state index in [2.05, 4.69) is 4.90 Å². The SMILES string of the molecule is Cc1ccc(F)cc1CN1CCCC(CN)C1. The lowest BCUT2D eigenvalue weighted by molar-refractivity contribution is 0.170. The third-order valence-corrected chi connectivity index (χ3v) is 3.64. The zero-order valence-electron chi connectivity index (χ0n) is 10.5. The highest BCUT2D eigenvalue weighted by Gasteiger charge is 2.19. The monoisotopic (exact) mass is 236 g/mol. The topological polar surface area (TPSA) is 29.3 Å². The minimum atomic E-state index is -0.141. The molecule has 17 heavy (non-hydrogen) atoms. The maximum atomic E-state index is 13.2. The third-order valence-electron chi connectivity index (χ3n) is 3.64. The summed E-state index contributed by atoms with van der Waals surface area (Å²) in [4.78, 5) is 2.39. The number of likely N-dealkylation sites (tertiary alicyclic amines) is 1. The van der Waals surface area contributed by atoms with Gasteiger partial charge in [0.1, 0.15) is 5.82 Å². The average Bonchev–Trinajstić information content (AvgIpc) is 2.34. The predicted molar refractivity (Wildman–Crippen MR) is 68.2 cm³/mol. The second-order valence-electron chi connectivity index (χ2n) is 5.05. The van der Waals surface area contributed by atoms with Gasteiger partial charge < -0.3 is 5.73 Å². The number of aryl methyl sites for hydroxylation is 1. The normalized spacial score (nSPS) is 21.7. The van der Waals surface area contributed by atoms with Gasteiger partial charge in [-0.3, -0.25) is 4.90 Å². The van der Waals surface area contributed by atoms with Gasteiger partial charge in [-0.1, -0.05) is 6.07 Å². The smallest absolute Gasteiger partial charge is 0.123 e. The molecule has 0 saturated carbocycles. The minimum absolute atomic E-state index is 0.141. The summed E-state index contributed by atoms with van der Waals surface area (Å²) in [6.45, 7) is 5.80. The zero-order chi connectivity index (χ0) is 12.3. The van der Waals surface area contributed by atoms with Crippen LogP contribution in [0.1, 0.15) is 24.0 Å². The van der Waals surface area contributed by atoms with Gasteiger partial charge in [0, 0.05) is 13.1 Å². The van der Waals surface area contributed by atoms with E-state index >= 15 is 0 Å². The van der Waals surface area contributed by atoms with Crippen LogP contribution < -0.4 is 5.73 Å². The molecule has 1 aliphatic heterocycles. The first-order valence-corrected chi connectivity index (χ1v) is 6.36. The van der Waals surface area contributed by atoms with Crippen LogP contribution in [0.15, 0.2) is 18.2 Å². The van der Waals surface area contributed by atoms with Crippen LogP contribution in [0.3, 0.4) is 0 Å². The van der Waals surface area contributed by atoms with Gasteiger partial charge in [-0.25, -0.2) is 4.39 Å². The first kappa shape index (κ1) is 12.5. The molecule has 2 nitrogen and oxygen atoms in total. The second kappa shape index (κ2) is 5.61. The molecule has 1 aliphatic rings. The number of rotatable bonds is 3. The van der Waals surface area contributed by atoms with Crippen molar-refractivity contribution in [2.75, 3.05) is 19.6 Å². The zero-order valence-corrected chi connectivity index (χ0v) is 10.5. The number of piperidine rings is 1. The predicted octanol–water partition coefficient (Wildman–Crippen LogP) is 2.30. The van der Waals surface area contributed by atoms with Gasteiger partial charge in [-0.15, -0.1) is 0 Å². The Morgan fingerprint density at radius 2 is 2.29 bits per heavy atom. The largest absolute Gasteiger partial charge is 0.330 e. The highest BCUT2D eigenvalue weighted by molar-refractivity contribution is 5.26. The van der Waals surface area contributed by atoms with Crippen LogP contribution >= 0.6 is 0 Å². The van der Waals surface area contributed by atoms with E-state index in [1.165, 1.54) is 24.5 Å². The molecule has 1 saturated heterocycles. The highest BCUT2D eigenvalue weighted by Crippen LogP contribution is 2.19. The molecule has 1 heterocycles. The molecule has 1 fully saturated rings. The van der Waals surface area contributed by atoms with Gasteiger partial charge in [0.15, 0.2) is 0 Å². The Kier molecular flexibility index (Phi) is 4.13. The molecule has 2 N–H and O–H groups in total. The number of hydrogen-bond acceptors (Lipinski definition) is 2. The van der Waals surface area contributed by atoms with Crippen LogP contribution in [0.25, 0.3) is 0 Å². The Morgan fingerprint density at radius 1 is 1.47 bits per heavy atom. The summed E-state index contributed by atoms with van der Waals surface area (Å²) in [6.07, 6.45) is 2.44. The molecule has 0 amide bonds. The van der Waals surface area contributed by atoms with Crippen molar-refractivity contribution in [1.82, 2.24) is 4.90 Å². The molecule has 3 heteroatoms. The van der Waals surface area contributed by atoms with Crippen molar-refractivity contribution >= 4 is 0 Å². The molecule has 0 bridgehead atoms. The van der Waals surface area contributed by atoms with Crippen molar-refractivity contribution in [3.05, 3.63) is 35.1 Å². The summed E-state index contributed by atoms with van der Waals surface area (Å²) in [5, 5.41) is 0. The van der Waals surface area contributed by atoms with E-state index in [0.29, 0.717) is 5.92 Å². The molecule has 0 aliphatic carbocycles. The van der Waals surface area contributed by atoms with Crippen LogP contribution in [-0.2, 0) is 6.54 Å². The number of nitrogens with two attached hydrogens (primary N) is 1. The van der Waals surface area contributed by atoms with Crippen molar-refractivity contribution in [2.45, 2.75) is 26.3 Å². The number of benzene rings is 1. The van der Waals surface area contributed by atoms with Crippen molar-refractivity contribution in [3.63, 3.8) is 0 Å². The van der Waals surface area contributed by atoms with Gasteiger partial charge in [0.25, 0.3) is 0 Å². The fourth-order valence-electron chi connectivity index (χ4n) is 2.54. The van der Waals surface area contributed by atoms with E-state index in [1.54, 1.807) is 6.07 Å². The van der Waals surface area contributed by atoms with Gasteiger partial charge in [0.2, 0.25) is 0 Å². The molecule has 94 valence electrons. The lowest BCUT2D eigenvalue weighted by atomic mass is 9.97. The summed E-state index contributed by atoms with van der Waals surface area (Å²) in [7, 11) is 0. The Bertz CT molecular complexity index is 378. The van der Waals surface area contributed by atoms with E-state index < -0.39 is 0 Å². The summed E-state index contributed by atoms with van der Waals surface area (Å²) in [5.41, 5.74) is 7.99. The van der Waals surface area contributed by atoms with E-state index in [4.69, 9.17) is 5.73 Å². The van der Waals surface area contributed by atoms with Gasteiger partial charge >= 0.3 is 0 Å². The fourth-order valence-corrected chi connectivity index (χ4v) is 2.54. The average molecular weight is 236 g/mol. The Hall–Kier alpha value is -0.930. The van der Waals surface area contributed by atoms with Crippen LogP contribution in [0, 0.1) is 18.7 Å². The molecule has 0 radical (unpaired) electrons. The molecule has 2 rings (SSSR count). The molecule has 1 aromatic rings. The van der Waals surface area contributed by atoms with E-state index in [-0.39, 0.29) is 5.82 Å². The third kappa shape index (κ3) is 3.27. The van der Waals surface area contributed by atoms with Crippen molar-refractivity contribution in [2.24, 2.45) is 11.7 Å². The second-order valence-corrected chi connectivity index (χ2v) is 5.05. The minimum Gasteiger partial charge on any atom is -0.330 e. The van der Waals surface area contributed by atoms with Crippen LogP contribution in [0.4, 0.5) is 4.39 Å². The molecule has 1 unspecified atom stereocenters. The number of halogens is 1. The summed E-state index contributed by atoms with van der Waals surface area (Å²) < 4.78 is 13.2. The first-order valence-electron chi connectivity index (χ1n) is 6.36. The Morgan fingerprint density at radius 3 is 3.06 bits per heavy atom. The Labute approximate surface area is 103 Å². The Balaban J connectivity index is 2.02. The van der Waals surface area contributed by atoms with Gasteiger partial charge in [-0.2, -0.15) is 0 Å². The van der Waals surface area contributed by atoms with Crippen LogP contribution in [0.5, 0.6) is 0 Å². The van der Waals surface area contributed by atoms with Crippen molar-refractivity contribution in [1.29, 1.82) is 0 Å². The summed E-state index contributed by atoms with van der Waals surface area (Å²) >= 11 is 0. The first-order chi connectivity index (χ1) is 8.19. The number of nitrogens with zero attached hydrogens (tertiary/aromatic N) is 1. The maximum Gasteiger partial charge on any atom is 0.123 e. The van der Waals surface area contributed by atoms with Crippen molar-refractivity contribution < 1.29 is 4.39 Å². The van der Waals surface area contributed by atoms with Crippen LogP contribution in [-0.4, -0.2) is 24.5 Å². The van der Waals surface area contributed by atoms with Gasteiger partial charge in [0.05, 0.1) is 0 Å². The molecule has 1 atom stereocenters. The van der Waals surface area contributed by atoms with E-state index in [9.17, 15) is 4.39 Å². The molecular weight excluding hydrogens is 215 g/mol. The quantitative estimate of drug-likeness (QED) is 0.872. The maximum absolute atomic E-state index is 13.2. The lowest BCUT2D eigenvalue weighted by Crippen LogP contribution is -2.38. The fraction of sp³-hybridized carbons (Fsp3) is 0.571. The molecule has 1 aromatic carbocycles. The van der Waals surface area contributed by atoms with Gasteiger partial charge in [-0.05, 0) is 62.0 Å². The van der Waals surface area contributed by atoms with E-state index in [1.807, 2.05) is 13.0 Å². The number of hydrogen-bond donors (Lipinski definition) is 1.